The van der Waals surface area contributed by atoms with E-state index in [4.69, 9.17) is 26.4 Å². The number of benzene rings is 2. The minimum absolute atomic E-state index is 0.203. The second kappa shape index (κ2) is 9.09. The normalized spacial score (nSPS) is 12.0. The molecule has 142 valence electrons. The van der Waals surface area contributed by atoms with E-state index in [1.807, 2.05) is 43.3 Å². The molecule has 0 saturated heterocycles. The summed E-state index contributed by atoms with van der Waals surface area (Å²) in [5, 5.41) is 3.26. The standard InChI is InChI=1S/C19H21N3O4S/c1-2-24-15-6-3-13(4-7-15)11-18(23)21-22-19(27)20-14-5-8-16-17(12-14)26-10-9-25-16/h3-8,12H,2,9-11H2,1H3,(H,21,23)(H2,20,22,27). The Hall–Kier alpha value is -3.00. The monoisotopic (exact) mass is 387 g/mol. The van der Waals surface area contributed by atoms with Crippen molar-refractivity contribution in [3.8, 4) is 17.2 Å². The molecule has 27 heavy (non-hydrogen) atoms. The molecule has 0 radical (unpaired) electrons. The topological polar surface area (TPSA) is 80.9 Å². The van der Waals surface area contributed by atoms with Crippen molar-refractivity contribution in [3.05, 3.63) is 48.0 Å². The molecule has 1 aliphatic heterocycles. The van der Waals surface area contributed by atoms with Crippen LogP contribution in [0.4, 0.5) is 5.69 Å². The molecule has 1 aliphatic rings. The second-order valence-electron chi connectivity index (χ2n) is 5.74. The molecule has 0 aromatic heterocycles. The van der Waals surface area contributed by atoms with Gasteiger partial charge in [0.2, 0.25) is 5.91 Å². The number of amides is 1. The van der Waals surface area contributed by atoms with Crippen LogP contribution in [-0.2, 0) is 11.2 Å². The first-order valence-electron chi connectivity index (χ1n) is 8.61. The highest BCUT2D eigenvalue weighted by Gasteiger charge is 2.12. The first kappa shape index (κ1) is 18.8. The first-order valence-corrected chi connectivity index (χ1v) is 9.02. The number of fused-ring (bicyclic) bond motifs is 1. The Kier molecular flexibility index (Phi) is 6.32. The molecule has 0 fully saturated rings. The molecular formula is C19H21N3O4S. The summed E-state index contributed by atoms with van der Waals surface area (Å²) in [6, 6.07) is 12.8. The lowest BCUT2D eigenvalue weighted by Gasteiger charge is -2.19. The Labute approximate surface area is 163 Å². The minimum Gasteiger partial charge on any atom is -0.494 e. The van der Waals surface area contributed by atoms with Crippen molar-refractivity contribution in [1.82, 2.24) is 10.9 Å². The van der Waals surface area contributed by atoms with E-state index in [1.165, 1.54) is 0 Å². The van der Waals surface area contributed by atoms with Gasteiger partial charge >= 0.3 is 0 Å². The molecule has 8 heteroatoms. The van der Waals surface area contributed by atoms with Crippen molar-refractivity contribution in [2.24, 2.45) is 0 Å². The van der Waals surface area contributed by atoms with E-state index in [1.54, 1.807) is 6.07 Å². The average Bonchev–Trinajstić information content (AvgIpc) is 2.68. The van der Waals surface area contributed by atoms with Gasteiger partial charge in [0, 0.05) is 11.8 Å². The van der Waals surface area contributed by atoms with Gasteiger partial charge in [0.1, 0.15) is 19.0 Å². The third-order valence-electron chi connectivity index (χ3n) is 3.71. The smallest absolute Gasteiger partial charge is 0.242 e. The molecule has 0 aliphatic carbocycles. The number of hydrogen-bond acceptors (Lipinski definition) is 5. The van der Waals surface area contributed by atoms with Crippen LogP contribution in [-0.4, -0.2) is 30.8 Å². The summed E-state index contributed by atoms with van der Waals surface area (Å²) in [6.07, 6.45) is 0.228. The van der Waals surface area contributed by atoms with E-state index in [2.05, 4.69) is 16.2 Å². The van der Waals surface area contributed by atoms with Crippen molar-refractivity contribution in [2.45, 2.75) is 13.3 Å². The van der Waals surface area contributed by atoms with Crippen LogP contribution in [0.15, 0.2) is 42.5 Å². The van der Waals surface area contributed by atoms with Gasteiger partial charge in [0.25, 0.3) is 0 Å². The second-order valence-corrected chi connectivity index (χ2v) is 6.15. The molecule has 3 N–H and O–H groups in total. The van der Waals surface area contributed by atoms with Crippen LogP contribution < -0.4 is 30.4 Å². The maximum atomic E-state index is 12.0. The molecule has 7 nitrogen and oxygen atoms in total. The van der Waals surface area contributed by atoms with Crippen LogP contribution in [0.3, 0.4) is 0 Å². The lowest BCUT2D eigenvalue weighted by molar-refractivity contribution is -0.120. The minimum atomic E-state index is -0.203. The van der Waals surface area contributed by atoms with E-state index in [-0.39, 0.29) is 17.4 Å². The van der Waals surface area contributed by atoms with E-state index >= 15 is 0 Å². The summed E-state index contributed by atoms with van der Waals surface area (Å²) in [4.78, 5) is 12.0. The van der Waals surface area contributed by atoms with Crippen molar-refractivity contribution >= 4 is 28.9 Å². The third-order valence-corrected chi connectivity index (χ3v) is 3.92. The van der Waals surface area contributed by atoms with Crippen molar-refractivity contribution in [2.75, 3.05) is 25.1 Å². The quantitative estimate of drug-likeness (QED) is 0.537. The zero-order valence-electron chi connectivity index (χ0n) is 14.9. The van der Waals surface area contributed by atoms with Crippen LogP contribution in [0.25, 0.3) is 0 Å². The predicted octanol–water partition coefficient (Wildman–Crippen LogP) is 2.42. The molecule has 1 heterocycles. The molecular weight excluding hydrogens is 366 g/mol. The maximum absolute atomic E-state index is 12.0. The van der Waals surface area contributed by atoms with Gasteiger partial charge in [-0.05, 0) is 49.0 Å². The average molecular weight is 387 g/mol. The number of thiocarbonyl (C=S) groups is 1. The van der Waals surface area contributed by atoms with E-state index in [9.17, 15) is 4.79 Å². The van der Waals surface area contributed by atoms with Gasteiger partial charge in [-0.1, -0.05) is 12.1 Å². The van der Waals surface area contributed by atoms with Gasteiger partial charge in [0.15, 0.2) is 16.6 Å². The van der Waals surface area contributed by atoms with Crippen LogP contribution in [0, 0.1) is 0 Å². The lowest BCUT2D eigenvalue weighted by Crippen LogP contribution is -2.44. The first-order chi connectivity index (χ1) is 13.1. The Bertz CT molecular complexity index is 811. The summed E-state index contributed by atoms with van der Waals surface area (Å²) in [7, 11) is 0. The number of rotatable bonds is 5. The van der Waals surface area contributed by atoms with Crippen LogP contribution >= 0.6 is 12.2 Å². The van der Waals surface area contributed by atoms with Gasteiger partial charge in [-0.3, -0.25) is 15.6 Å². The zero-order chi connectivity index (χ0) is 19.1. The van der Waals surface area contributed by atoms with Gasteiger partial charge < -0.3 is 19.5 Å². The highest BCUT2D eigenvalue weighted by molar-refractivity contribution is 7.80. The number of hydrazine groups is 1. The van der Waals surface area contributed by atoms with Crippen molar-refractivity contribution in [3.63, 3.8) is 0 Å². The van der Waals surface area contributed by atoms with E-state index in [0.717, 1.165) is 17.0 Å². The molecule has 3 rings (SSSR count). The highest BCUT2D eigenvalue weighted by atomic mass is 32.1. The summed E-state index contributed by atoms with van der Waals surface area (Å²) < 4.78 is 16.4. The van der Waals surface area contributed by atoms with E-state index in [0.29, 0.717) is 31.3 Å². The van der Waals surface area contributed by atoms with Crippen LogP contribution in [0.5, 0.6) is 17.2 Å². The van der Waals surface area contributed by atoms with E-state index < -0.39 is 0 Å². The Morgan fingerprint density at radius 3 is 2.56 bits per heavy atom. The molecule has 0 atom stereocenters. The Morgan fingerprint density at radius 1 is 1.07 bits per heavy atom. The maximum Gasteiger partial charge on any atom is 0.242 e. The zero-order valence-corrected chi connectivity index (χ0v) is 15.7. The van der Waals surface area contributed by atoms with Gasteiger partial charge in [-0.15, -0.1) is 0 Å². The molecule has 0 unspecified atom stereocenters. The largest absolute Gasteiger partial charge is 0.494 e. The molecule has 0 spiro atoms. The fourth-order valence-corrected chi connectivity index (χ4v) is 2.68. The summed E-state index contributed by atoms with van der Waals surface area (Å²) >= 11 is 5.19. The number of ether oxygens (including phenoxy) is 3. The van der Waals surface area contributed by atoms with Gasteiger partial charge in [-0.25, -0.2) is 0 Å². The molecule has 0 bridgehead atoms. The van der Waals surface area contributed by atoms with Crippen molar-refractivity contribution < 1.29 is 19.0 Å². The van der Waals surface area contributed by atoms with Gasteiger partial charge in [0.05, 0.1) is 13.0 Å². The molecule has 1 amide bonds. The molecule has 2 aromatic rings. The SMILES string of the molecule is CCOc1ccc(CC(=O)NNC(=S)Nc2ccc3c(c2)OCCO3)cc1. The third kappa shape index (κ3) is 5.49. The highest BCUT2D eigenvalue weighted by Crippen LogP contribution is 2.32. The number of nitrogens with one attached hydrogen (secondary N) is 3. The predicted molar refractivity (Wildman–Crippen MR) is 106 cm³/mol. The summed E-state index contributed by atoms with van der Waals surface area (Å²) in [6.45, 7) is 3.59. The van der Waals surface area contributed by atoms with Crippen LogP contribution in [0.2, 0.25) is 0 Å². The summed E-state index contributed by atoms with van der Waals surface area (Å²) in [5.41, 5.74) is 6.87. The van der Waals surface area contributed by atoms with Gasteiger partial charge in [-0.2, -0.15) is 0 Å². The molecule has 2 aromatic carbocycles. The summed E-state index contributed by atoms with van der Waals surface area (Å²) in [5.74, 6) is 1.94. The Morgan fingerprint density at radius 2 is 1.81 bits per heavy atom. The fraction of sp³-hybridized carbons (Fsp3) is 0.263. The number of hydrogen-bond donors (Lipinski definition) is 3. The number of anilines is 1. The molecule has 0 saturated carbocycles. The number of carbonyl (C=O) groups is 1. The fourth-order valence-electron chi connectivity index (χ4n) is 2.51. The van der Waals surface area contributed by atoms with Crippen molar-refractivity contribution in [1.29, 1.82) is 0 Å². The Balaban J connectivity index is 1.45. The lowest BCUT2D eigenvalue weighted by atomic mass is 10.1. The van der Waals surface area contributed by atoms with Crippen LogP contribution in [0.1, 0.15) is 12.5 Å². The number of carbonyl (C=O) groups excluding carboxylic acids is 1.